The summed E-state index contributed by atoms with van der Waals surface area (Å²) in [7, 11) is 1.59. The molecule has 0 atom stereocenters. The van der Waals surface area contributed by atoms with Gasteiger partial charge in [-0.15, -0.1) is 0 Å². The monoisotopic (exact) mass is 350 g/mol. The molecule has 1 amide bonds. The molecule has 134 valence electrons. The Morgan fingerprint density at radius 3 is 2.65 bits per heavy atom. The molecule has 1 fully saturated rings. The largest absolute Gasteiger partial charge is 0.496 e. The third-order valence-corrected chi connectivity index (χ3v) is 4.88. The number of ether oxygens (including phenoxy) is 1. The molecular weight excluding hydrogens is 328 g/mol. The SMILES string of the molecule is COc1cc2nc[nH]c2cc1C(=O)N1CCN(Cc2ccccc2)CC1. The lowest BCUT2D eigenvalue weighted by molar-refractivity contribution is 0.0625. The maximum atomic E-state index is 13.0. The first-order valence-electron chi connectivity index (χ1n) is 8.81. The number of carbonyl (C=O) groups is 1. The molecule has 1 aliphatic heterocycles. The minimum Gasteiger partial charge on any atom is -0.496 e. The molecule has 6 heteroatoms. The average molecular weight is 350 g/mol. The van der Waals surface area contributed by atoms with Crippen LogP contribution in [0.1, 0.15) is 15.9 Å². The highest BCUT2D eigenvalue weighted by Crippen LogP contribution is 2.25. The number of nitrogens with one attached hydrogen (secondary N) is 1. The molecule has 1 N–H and O–H groups in total. The number of aromatic nitrogens is 2. The number of fused-ring (bicyclic) bond motifs is 1. The van der Waals surface area contributed by atoms with Crippen LogP contribution >= 0.6 is 0 Å². The van der Waals surface area contributed by atoms with Gasteiger partial charge in [0.05, 0.1) is 30.0 Å². The van der Waals surface area contributed by atoms with E-state index in [1.54, 1.807) is 13.4 Å². The second-order valence-electron chi connectivity index (χ2n) is 6.53. The Morgan fingerprint density at radius 2 is 1.92 bits per heavy atom. The summed E-state index contributed by atoms with van der Waals surface area (Å²) in [6.45, 7) is 4.10. The standard InChI is InChI=1S/C20H22N4O2/c1-26-19-12-18-17(21-14-22-18)11-16(19)20(25)24-9-7-23(8-10-24)13-15-5-3-2-4-6-15/h2-6,11-12,14H,7-10,13H2,1H3,(H,21,22). The summed E-state index contributed by atoms with van der Waals surface area (Å²) in [4.78, 5) is 24.6. The van der Waals surface area contributed by atoms with Gasteiger partial charge in [-0.1, -0.05) is 30.3 Å². The minimum absolute atomic E-state index is 0.0118. The Labute approximate surface area is 152 Å². The number of rotatable bonds is 4. The van der Waals surface area contributed by atoms with Gasteiger partial charge in [-0.3, -0.25) is 9.69 Å². The smallest absolute Gasteiger partial charge is 0.257 e. The number of imidazole rings is 1. The number of H-pyrrole nitrogens is 1. The molecule has 1 saturated heterocycles. The van der Waals surface area contributed by atoms with Crippen molar-refractivity contribution in [2.45, 2.75) is 6.54 Å². The molecule has 1 aromatic heterocycles. The Bertz CT molecular complexity index is 899. The molecule has 0 spiro atoms. The lowest BCUT2D eigenvalue weighted by Gasteiger charge is -2.35. The van der Waals surface area contributed by atoms with Crippen LogP contribution < -0.4 is 4.74 Å². The molecule has 4 rings (SSSR count). The van der Waals surface area contributed by atoms with Crippen molar-refractivity contribution in [3.63, 3.8) is 0 Å². The highest BCUT2D eigenvalue weighted by Gasteiger charge is 2.25. The third kappa shape index (κ3) is 3.28. The summed E-state index contributed by atoms with van der Waals surface area (Å²) in [5.41, 5.74) is 3.53. The predicted octanol–water partition coefficient (Wildman–Crippen LogP) is 2.53. The molecule has 26 heavy (non-hydrogen) atoms. The molecular formula is C20H22N4O2. The molecule has 1 aliphatic rings. The van der Waals surface area contributed by atoms with E-state index in [0.717, 1.165) is 43.8 Å². The fourth-order valence-electron chi connectivity index (χ4n) is 3.42. The van der Waals surface area contributed by atoms with Crippen LogP contribution in [0.2, 0.25) is 0 Å². The molecule has 6 nitrogen and oxygen atoms in total. The van der Waals surface area contributed by atoms with Crippen molar-refractivity contribution in [1.82, 2.24) is 19.8 Å². The quantitative estimate of drug-likeness (QED) is 0.785. The van der Waals surface area contributed by atoms with Crippen LogP contribution in [0.15, 0.2) is 48.8 Å². The van der Waals surface area contributed by atoms with Crippen LogP contribution in [0, 0.1) is 0 Å². The average Bonchev–Trinajstić information content (AvgIpc) is 3.15. The van der Waals surface area contributed by atoms with Gasteiger partial charge in [0.25, 0.3) is 5.91 Å². The molecule has 2 aromatic carbocycles. The van der Waals surface area contributed by atoms with Crippen LogP contribution in [0.25, 0.3) is 11.0 Å². The summed E-state index contributed by atoms with van der Waals surface area (Å²) in [5, 5.41) is 0. The second kappa shape index (κ2) is 7.17. The lowest BCUT2D eigenvalue weighted by atomic mass is 10.1. The summed E-state index contributed by atoms with van der Waals surface area (Å²) in [6, 6.07) is 14.1. The van der Waals surface area contributed by atoms with Crippen LogP contribution in [0.5, 0.6) is 5.75 Å². The summed E-state index contributed by atoms with van der Waals surface area (Å²) in [5.74, 6) is 0.582. The molecule has 0 unspecified atom stereocenters. The molecule has 0 bridgehead atoms. The minimum atomic E-state index is 0.0118. The third-order valence-electron chi connectivity index (χ3n) is 4.88. The number of piperazine rings is 1. The molecule has 0 saturated carbocycles. The van der Waals surface area contributed by atoms with Gasteiger partial charge in [-0.25, -0.2) is 4.98 Å². The van der Waals surface area contributed by atoms with Gasteiger partial charge in [0, 0.05) is 38.8 Å². The van der Waals surface area contributed by atoms with Gasteiger partial charge in [0.15, 0.2) is 0 Å². The zero-order chi connectivity index (χ0) is 17.9. The zero-order valence-corrected chi connectivity index (χ0v) is 14.8. The van der Waals surface area contributed by atoms with E-state index in [2.05, 4.69) is 39.1 Å². The van der Waals surface area contributed by atoms with E-state index < -0.39 is 0 Å². The van der Waals surface area contributed by atoms with Crippen LogP contribution in [0.4, 0.5) is 0 Å². The van der Waals surface area contributed by atoms with E-state index in [-0.39, 0.29) is 5.91 Å². The number of carbonyl (C=O) groups excluding carboxylic acids is 1. The predicted molar refractivity (Wildman–Crippen MR) is 100 cm³/mol. The van der Waals surface area contributed by atoms with Crippen molar-refractivity contribution in [1.29, 1.82) is 0 Å². The Kier molecular flexibility index (Phi) is 4.58. The van der Waals surface area contributed by atoms with Gasteiger partial charge in [0.1, 0.15) is 5.75 Å². The number of hydrogen-bond donors (Lipinski definition) is 1. The van der Waals surface area contributed by atoms with Crippen molar-refractivity contribution >= 4 is 16.9 Å². The number of benzene rings is 2. The maximum Gasteiger partial charge on any atom is 0.257 e. The Hall–Kier alpha value is -2.86. The van der Waals surface area contributed by atoms with Crippen LogP contribution in [-0.2, 0) is 6.54 Å². The Morgan fingerprint density at radius 1 is 1.15 bits per heavy atom. The Balaban J connectivity index is 1.45. The molecule has 0 radical (unpaired) electrons. The summed E-state index contributed by atoms with van der Waals surface area (Å²) >= 11 is 0. The van der Waals surface area contributed by atoms with E-state index in [1.165, 1.54) is 5.56 Å². The fraction of sp³-hybridized carbons (Fsp3) is 0.300. The van der Waals surface area contributed by atoms with Gasteiger partial charge >= 0.3 is 0 Å². The van der Waals surface area contributed by atoms with Crippen molar-refractivity contribution in [2.24, 2.45) is 0 Å². The highest BCUT2D eigenvalue weighted by molar-refractivity contribution is 6.00. The van der Waals surface area contributed by atoms with Crippen LogP contribution in [-0.4, -0.2) is 59.0 Å². The highest BCUT2D eigenvalue weighted by atomic mass is 16.5. The van der Waals surface area contributed by atoms with E-state index in [4.69, 9.17) is 4.74 Å². The second-order valence-corrected chi connectivity index (χ2v) is 6.53. The first kappa shape index (κ1) is 16.6. The number of nitrogens with zero attached hydrogens (tertiary/aromatic N) is 3. The lowest BCUT2D eigenvalue weighted by Crippen LogP contribution is -2.48. The van der Waals surface area contributed by atoms with Crippen molar-refractivity contribution in [2.75, 3.05) is 33.3 Å². The molecule has 2 heterocycles. The van der Waals surface area contributed by atoms with E-state index in [0.29, 0.717) is 11.3 Å². The van der Waals surface area contributed by atoms with Crippen molar-refractivity contribution in [3.05, 3.63) is 59.9 Å². The van der Waals surface area contributed by atoms with E-state index in [9.17, 15) is 4.79 Å². The van der Waals surface area contributed by atoms with Gasteiger partial charge in [0.2, 0.25) is 0 Å². The van der Waals surface area contributed by atoms with Gasteiger partial charge in [-0.05, 0) is 11.6 Å². The van der Waals surface area contributed by atoms with E-state index in [1.807, 2.05) is 23.1 Å². The van der Waals surface area contributed by atoms with Crippen molar-refractivity contribution < 1.29 is 9.53 Å². The fourth-order valence-corrected chi connectivity index (χ4v) is 3.42. The normalized spacial score (nSPS) is 15.3. The number of aromatic amines is 1. The van der Waals surface area contributed by atoms with Crippen molar-refractivity contribution in [3.8, 4) is 5.75 Å². The first-order valence-corrected chi connectivity index (χ1v) is 8.81. The topological polar surface area (TPSA) is 61.5 Å². The molecule has 0 aliphatic carbocycles. The van der Waals surface area contributed by atoms with Crippen LogP contribution in [0.3, 0.4) is 0 Å². The van der Waals surface area contributed by atoms with Gasteiger partial charge in [-0.2, -0.15) is 0 Å². The maximum absolute atomic E-state index is 13.0. The molecule has 3 aromatic rings. The van der Waals surface area contributed by atoms with Gasteiger partial charge < -0.3 is 14.6 Å². The zero-order valence-electron chi connectivity index (χ0n) is 14.8. The number of methoxy groups -OCH3 is 1. The van der Waals surface area contributed by atoms with E-state index >= 15 is 0 Å². The first-order chi connectivity index (χ1) is 12.7. The number of amides is 1. The summed E-state index contributed by atoms with van der Waals surface area (Å²) in [6.07, 6.45) is 1.63. The number of hydrogen-bond acceptors (Lipinski definition) is 4. The summed E-state index contributed by atoms with van der Waals surface area (Å²) < 4.78 is 5.42.